The first kappa shape index (κ1) is 17.4. The number of aliphatic hydroxyl groups excluding tert-OH is 1. The molecule has 20 heavy (non-hydrogen) atoms. The van der Waals surface area contributed by atoms with Crippen molar-refractivity contribution in [3.63, 3.8) is 0 Å². The van der Waals surface area contributed by atoms with Crippen LogP contribution in [0, 0.1) is 12.3 Å². The summed E-state index contributed by atoms with van der Waals surface area (Å²) in [6.07, 6.45) is 1.44. The van der Waals surface area contributed by atoms with Crippen molar-refractivity contribution >= 4 is 21.6 Å². The summed E-state index contributed by atoms with van der Waals surface area (Å²) in [5.41, 5.74) is 0.447. The molecule has 6 heteroatoms. The summed E-state index contributed by atoms with van der Waals surface area (Å²) in [5.74, 6) is 0. The fourth-order valence-electron chi connectivity index (χ4n) is 1.84. The van der Waals surface area contributed by atoms with Crippen molar-refractivity contribution in [1.82, 2.24) is 4.72 Å². The largest absolute Gasteiger partial charge is 0.396 e. The van der Waals surface area contributed by atoms with E-state index in [-0.39, 0.29) is 16.9 Å². The third-order valence-corrected chi connectivity index (χ3v) is 5.03. The molecular weight excluding hydrogens is 298 g/mol. The number of aryl methyl sites for hydroxylation is 1. The number of nitrogens with one attached hydrogen (secondary N) is 1. The van der Waals surface area contributed by atoms with Crippen LogP contribution < -0.4 is 4.72 Å². The van der Waals surface area contributed by atoms with Gasteiger partial charge in [-0.25, -0.2) is 13.1 Å². The van der Waals surface area contributed by atoms with Gasteiger partial charge in [0.05, 0.1) is 4.90 Å². The standard InChI is InChI=1S/C14H22ClNO3S/c1-11-9-12(15)5-6-13(11)20(18,19)16-8-4-7-14(2,3)10-17/h5-6,9,16-17H,4,7-8,10H2,1-3H3. The van der Waals surface area contributed by atoms with Crippen LogP contribution in [0.3, 0.4) is 0 Å². The Kier molecular flexibility index (Phi) is 6.01. The van der Waals surface area contributed by atoms with Crippen molar-refractivity contribution < 1.29 is 13.5 Å². The maximum Gasteiger partial charge on any atom is 0.240 e. The summed E-state index contributed by atoms with van der Waals surface area (Å²) in [5, 5.41) is 9.66. The van der Waals surface area contributed by atoms with E-state index in [1.807, 2.05) is 13.8 Å². The van der Waals surface area contributed by atoms with Gasteiger partial charge in [0, 0.05) is 18.2 Å². The Morgan fingerprint density at radius 3 is 2.55 bits per heavy atom. The van der Waals surface area contributed by atoms with Gasteiger partial charge in [-0.2, -0.15) is 0 Å². The minimum Gasteiger partial charge on any atom is -0.396 e. The lowest BCUT2D eigenvalue weighted by Crippen LogP contribution is -2.27. The van der Waals surface area contributed by atoms with Gasteiger partial charge in [-0.3, -0.25) is 0 Å². The van der Waals surface area contributed by atoms with Crippen LogP contribution in [0.15, 0.2) is 23.1 Å². The molecule has 0 aromatic heterocycles. The Bertz CT molecular complexity index is 556. The summed E-state index contributed by atoms with van der Waals surface area (Å²) in [7, 11) is -3.50. The molecule has 0 aliphatic heterocycles. The Labute approximate surface area is 126 Å². The predicted molar refractivity (Wildman–Crippen MR) is 81.5 cm³/mol. The summed E-state index contributed by atoms with van der Waals surface area (Å²) >= 11 is 5.82. The van der Waals surface area contributed by atoms with Crippen LogP contribution in [-0.4, -0.2) is 26.7 Å². The predicted octanol–water partition coefficient (Wildman–Crippen LogP) is 2.73. The second kappa shape index (κ2) is 6.89. The van der Waals surface area contributed by atoms with Crippen molar-refractivity contribution in [3.8, 4) is 0 Å². The zero-order chi connectivity index (χ0) is 15.4. The summed E-state index contributed by atoms with van der Waals surface area (Å²) in [4.78, 5) is 0.253. The lowest BCUT2D eigenvalue weighted by atomic mass is 9.89. The zero-order valence-corrected chi connectivity index (χ0v) is 13.7. The SMILES string of the molecule is Cc1cc(Cl)ccc1S(=O)(=O)NCCCC(C)(C)CO. The number of benzene rings is 1. The van der Waals surface area contributed by atoms with E-state index < -0.39 is 10.0 Å². The lowest BCUT2D eigenvalue weighted by Gasteiger charge is -2.21. The van der Waals surface area contributed by atoms with Gasteiger partial charge >= 0.3 is 0 Å². The second-order valence-corrected chi connectivity index (χ2v) is 7.91. The van der Waals surface area contributed by atoms with Crippen molar-refractivity contribution in [1.29, 1.82) is 0 Å². The molecule has 0 heterocycles. The van der Waals surface area contributed by atoms with Gasteiger partial charge < -0.3 is 5.11 Å². The van der Waals surface area contributed by atoms with Gasteiger partial charge in [0.2, 0.25) is 10.0 Å². The summed E-state index contributed by atoms with van der Waals surface area (Å²) in [6, 6.07) is 4.71. The Balaban J connectivity index is 2.63. The average Bonchev–Trinajstić information content (AvgIpc) is 2.34. The molecule has 0 unspecified atom stereocenters. The van der Waals surface area contributed by atoms with Crippen molar-refractivity contribution in [2.45, 2.75) is 38.5 Å². The summed E-state index contributed by atoms with van der Waals surface area (Å²) in [6.45, 7) is 6.06. The fraction of sp³-hybridized carbons (Fsp3) is 0.571. The third kappa shape index (κ3) is 5.05. The highest BCUT2D eigenvalue weighted by Crippen LogP contribution is 2.22. The molecule has 0 aliphatic rings. The average molecular weight is 320 g/mol. The molecule has 1 aromatic carbocycles. The minimum atomic E-state index is -3.50. The van der Waals surface area contributed by atoms with Crippen LogP contribution in [0.1, 0.15) is 32.3 Å². The highest BCUT2D eigenvalue weighted by atomic mass is 35.5. The van der Waals surface area contributed by atoms with Gasteiger partial charge in [0.1, 0.15) is 0 Å². The maximum atomic E-state index is 12.2. The molecule has 0 aliphatic carbocycles. The summed E-state index contributed by atoms with van der Waals surface area (Å²) < 4.78 is 26.9. The smallest absolute Gasteiger partial charge is 0.240 e. The van der Waals surface area contributed by atoms with E-state index in [1.54, 1.807) is 19.1 Å². The molecule has 0 fully saturated rings. The first-order valence-electron chi connectivity index (χ1n) is 6.55. The quantitative estimate of drug-likeness (QED) is 0.759. The van der Waals surface area contributed by atoms with E-state index in [4.69, 9.17) is 16.7 Å². The number of halogens is 1. The second-order valence-electron chi connectivity index (χ2n) is 5.73. The maximum absolute atomic E-state index is 12.2. The normalized spacial score (nSPS) is 12.7. The van der Waals surface area contributed by atoms with Gasteiger partial charge in [-0.1, -0.05) is 25.4 Å². The molecule has 0 saturated carbocycles. The van der Waals surface area contributed by atoms with E-state index in [0.29, 0.717) is 23.6 Å². The van der Waals surface area contributed by atoms with E-state index >= 15 is 0 Å². The molecule has 0 saturated heterocycles. The lowest BCUT2D eigenvalue weighted by molar-refractivity contribution is 0.148. The van der Waals surface area contributed by atoms with E-state index in [1.165, 1.54) is 6.07 Å². The highest BCUT2D eigenvalue weighted by Gasteiger charge is 2.18. The molecule has 0 atom stereocenters. The molecule has 0 spiro atoms. The van der Waals surface area contributed by atoms with Crippen molar-refractivity contribution in [2.24, 2.45) is 5.41 Å². The Hall–Kier alpha value is -0.620. The number of rotatable bonds is 7. The van der Waals surface area contributed by atoms with E-state index in [2.05, 4.69) is 4.72 Å². The van der Waals surface area contributed by atoms with Crippen LogP contribution in [-0.2, 0) is 10.0 Å². The highest BCUT2D eigenvalue weighted by molar-refractivity contribution is 7.89. The van der Waals surface area contributed by atoms with Gasteiger partial charge in [-0.15, -0.1) is 0 Å². The van der Waals surface area contributed by atoms with Crippen LogP contribution >= 0.6 is 11.6 Å². The van der Waals surface area contributed by atoms with Gasteiger partial charge in [0.25, 0.3) is 0 Å². The number of sulfonamides is 1. The first-order valence-corrected chi connectivity index (χ1v) is 8.41. The molecule has 1 rings (SSSR count). The van der Waals surface area contributed by atoms with Crippen molar-refractivity contribution in [3.05, 3.63) is 28.8 Å². The van der Waals surface area contributed by atoms with E-state index in [0.717, 1.165) is 6.42 Å². The number of hydrogen-bond acceptors (Lipinski definition) is 3. The minimum absolute atomic E-state index is 0.0933. The Morgan fingerprint density at radius 1 is 1.35 bits per heavy atom. The number of aliphatic hydroxyl groups is 1. The van der Waals surface area contributed by atoms with E-state index in [9.17, 15) is 8.42 Å². The molecule has 0 bridgehead atoms. The molecule has 0 amide bonds. The molecular formula is C14H22ClNO3S. The Morgan fingerprint density at radius 2 is 2.00 bits per heavy atom. The monoisotopic (exact) mass is 319 g/mol. The van der Waals surface area contributed by atoms with Crippen molar-refractivity contribution in [2.75, 3.05) is 13.2 Å². The van der Waals surface area contributed by atoms with Crippen LogP contribution in [0.2, 0.25) is 5.02 Å². The molecule has 2 N–H and O–H groups in total. The molecule has 1 aromatic rings. The fourth-order valence-corrected chi connectivity index (χ4v) is 3.37. The van der Waals surface area contributed by atoms with Gasteiger partial charge in [-0.05, 0) is 48.9 Å². The first-order chi connectivity index (χ1) is 9.18. The molecule has 4 nitrogen and oxygen atoms in total. The topological polar surface area (TPSA) is 66.4 Å². The molecule has 0 radical (unpaired) electrons. The third-order valence-electron chi connectivity index (χ3n) is 3.18. The van der Waals surface area contributed by atoms with Crippen LogP contribution in [0.25, 0.3) is 0 Å². The zero-order valence-electron chi connectivity index (χ0n) is 12.1. The van der Waals surface area contributed by atoms with Crippen LogP contribution in [0.5, 0.6) is 0 Å². The van der Waals surface area contributed by atoms with Crippen LogP contribution in [0.4, 0.5) is 0 Å². The molecule has 114 valence electrons. The van der Waals surface area contributed by atoms with Gasteiger partial charge in [0.15, 0.2) is 0 Å². The number of hydrogen-bond donors (Lipinski definition) is 2.